The van der Waals surface area contributed by atoms with E-state index in [4.69, 9.17) is 13.8 Å². The number of allylic oxidation sites excluding steroid dienone is 5. The third-order valence-corrected chi connectivity index (χ3v) is 10.4. The normalized spacial score (nSPS) is 18.8. The summed E-state index contributed by atoms with van der Waals surface area (Å²) in [6.07, 6.45) is 40.4. The molecule has 1 aliphatic heterocycles. The predicted molar refractivity (Wildman–Crippen MR) is 218 cm³/mol. The highest BCUT2D eigenvalue weighted by Crippen LogP contribution is 2.38. The number of epoxide rings is 1. The fourth-order valence-electron chi connectivity index (χ4n) is 5.89. The van der Waals surface area contributed by atoms with Crippen molar-refractivity contribution >= 4 is 13.7 Å². The molecule has 5 atom stereocenters. The van der Waals surface area contributed by atoms with Crippen LogP contribution in [0.2, 0.25) is 0 Å². The second-order valence-electron chi connectivity index (χ2n) is 15.7. The number of phosphoric acid groups is 1. The third-order valence-electron chi connectivity index (χ3n) is 9.44. The van der Waals surface area contributed by atoms with Crippen LogP contribution in [0.4, 0.5) is 0 Å². The summed E-state index contributed by atoms with van der Waals surface area (Å²) in [4.78, 5) is 25.2. The number of aliphatic hydroxyl groups excluding tert-OH is 1. The topological polar surface area (TPSA) is 120 Å². The molecule has 1 aliphatic rings. The highest BCUT2D eigenvalue weighted by molar-refractivity contribution is 7.45. The van der Waals surface area contributed by atoms with Gasteiger partial charge < -0.3 is 33.6 Å². The van der Waals surface area contributed by atoms with Crippen molar-refractivity contribution in [3.63, 3.8) is 0 Å². The van der Waals surface area contributed by atoms with E-state index in [0.29, 0.717) is 29.7 Å². The molecule has 53 heavy (non-hydrogen) atoms. The summed E-state index contributed by atoms with van der Waals surface area (Å²) in [6.45, 7) is 4.54. The Labute approximate surface area is 324 Å². The van der Waals surface area contributed by atoms with Crippen molar-refractivity contribution in [2.75, 3.05) is 40.9 Å². The quantitative estimate of drug-likeness (QED) is 0.0214. The zero-order valence-electron chi connectivity index (χ0n) is 34.4. The second-order valence-corrected chi connectivity index (χ2v) is 17.1. The van der Waals surface area contributed by atoms with Crippen LogP contribution < -0.4 is 10.2 Å². The molecule has 9 nitrogen and oxygen atoms in total. The molecule has 1 amide bonds. The number of nitrogens with zero attached hydrogens (tertiary/aromatic N) is 1. The number of unbranched alkanes of at least 4 members (excludes halogenated alkanes) is 15. The first-order valence-corrected chi connectivity index (χ1v) is 22.6. The van der Waals surface area contributed by atoms with Gasteiger partial charge in [-0.3, -0.25) is 9.36 Å². The minimum absolute atomic E-state index is 0.0153. The molecule has 0 aromatic carbocycles. The van der Waals surface area contributed by atoms with E-state index in [2.05, 4.69) is 55.6 Å². The summed E-state index contributed by atoms with van der Waals surface area (Å²) in [5.74, 6) is -0.258. The van der Waals surface area contributed by atoms with Crippen molar-refractivity contribution < 1.29 is 37.6 Å². The molecule has 0 aliphatic carbocycles. The van der Waals surface area contributed by atoms with Gasteiger partial charge in [-0.2, -0.15) is 0 Å². The minimum atomic E-state index is -4.60. The summed E-state index contributed by atoms with van der Waals surface area (Å²) in [7, 11) is 1.21. The maximum absolute atomic E-state index is 12.8. The molecule has 1 rings (SSSR count). The molecule has 3 unspecified atom stereocenters. The molecule has 0 bridgehead atoms. The molecule has 0 saturated carbocycles. The number of nitrogens with one attached hydrogen (secondary N) is 1. The lowest BCUT2D eigenvalue weighted by atomic mass is 10.0. The Kier molecular flexibility index (Phi) is 29.5. The van der Waals surface area contributed by atoms with E-state index in [9.17, 15) is 19.4 Å². The van der Waals surface area contributed by atoms with E-state index in [1.54, 1.807) is 6.08 Å². The Hall–Kier alpha value is -1.58. The Bertz CT molecular complexity index is 1070. The number of carbonyl (C=O) groups is 1. The summed E-state index contributed by atoms with van der Waals surface area (Å²) in [5, 5.41) is 13.7. The summed E-state index contributed by atoms with van der Waals surface area (Å²) in [5.41, 5.74) is 0. The number of amides is 1. The van der Waals surface area contributed by atoms with Gasteiger partial charge in [0.1, 0.15) is 13.2 Å². The van der Waals surface area contributed by atoms with Crippen LogP contribution >= 0.6 is 7.82 Å². The van der Waals surface area contributed by atoms with Crippen LogP contribution in [0.3, 0.4) is 0 Å². The van der Waals surface area contributed by atoms with Gasteiger partial charge in [0.15, 0.2) is 0 Å². The van der Waals surface area contributed by atoms with Crippen molar-refractivity contribution in [1.29, 1.82) is 0 Å². The molecule has 0 aromatic rings. The highest BCUT2D eigenvalue weighted by atomic mass is 31.2. The average molecular weight is 767 g/mol. The number of ether oxygens (including phenoxy) is 1. The van der Waals surface area contributed by atoms with Gasteiger partial charge in [-0.25, -0.2) is 0 Å². The van der Waals surface area contributed by atoms with Crippen LogP contribution in [-0.2, 0) is 23.1 Å². The molecular weight excluding hydrogens is 687 g/mol. The number of phosphoric ester groups is 1. The van der Waals surface area contributed by atoms with E-state index in [1.165, 1.54) is 77.0 Å². The van der Waals surface area contributed by atoms with Crippen molar-refractivity contribution in [2.45, 2.75) is 179 Å². The smallest absolute Gasteiger partial charge is 0.268 e. The molecule has 308 valence electrons. The van der Waals surface area contributed by atoms with Gasteiger partial charge in [0.2, 0.25) is 5.91 Å². The first-order chi connectivity index (χ1) is 25.5. The predicted octanol–water partition coefficient (Wildman–Crippen LogP) is 9.65. The van der Waals surface area contributed by atoms with Gasteiger partial charge in [-0.1, -0.05) is 140 Å². The van der Waals surface area contributed by atoms with Crippen LogP contribution in [0.1, 0.15) is 155 Å². The SMILES string of the molecule is CCCCC/C=C\CC1OC1C/C=C\C/C=C\CCCC(=O)N[C@@H](COP(=O)([O-])OCC[N+](C)(C)C)[C@H](O)/C=C/CCCCCCCCCCCCC. The van der Waals surface area contributed by atoms with Crippen LogP contribution in [0.25, 0.3) is 0 Å². The van der Waals surface area contributed by atoms with Crippen LogP contribution in [0, 0.1) is 0 Å². The van der Waals surface area contributed by atoms with Gasteiger partial charge in [0, 0.05) is 6.42 Å². The highest BCUT2D eigenvalue weighted by Gasteiger charge is 2.36. The first-order valence-electron chi connectivity index (χ1n) is 21.1. The maximum Gasteiger partial charge on any atom is 0.268 e. The Balaban J connectivity index is 2.40. The summed E-state index contributed by atoms with van der Waals surface area (Å²) < 4.78 is 28.9. The van der Waals surface area contributed by atoms with Crippen LogP contribution in [0.15, 0.2) is 48.6 Å². The number of hydrogen-bond acceptors (Lipinski definition) is 7. The molecule has 0 spiro atoms. The number of quaternary nitrogens is 1. The van der Waals surface area contributed by atoms with Gasteiger partial charge in [0.25, 0.3) is 7.82 Å². The van der Waals surface area contributed by atoms with Gasteiger partial charge in [-0.15, -0.1) is 0 Å². The zero-order valence-corrected chi connectivity index (χ0v) is 35.3. The molecular formula is C43H79N2O7P. The van der Waals surface area contributed by atoms with Gasteiger partial charge in [0.05, 0.1) is 52.1 Å². The molecule has 1 fully saturated rings. The third kappa shape index (κ3) is 31.3. The molecule has 0 radical (unpaired) electrons. The fraction of sp³-hybridized carbons (Fsp3) is 0.791. The van der Waals surface area contributed by atoms with Crippen LogP contribution in [0.5, 0.6) is 0 Å². The lowest BCUT2D eigenvalue weighted by Crippen LogP contribution is -2.45. The van der Waals surface area contributed by atoms with Crippen molar-refractivity contribution in [3.8, 4) is 0 Å². The van der Waals surface area contributed by atoms with Crippen LogP contribution in [-0.4, -0.2) is 80.8 Å². The average Bonchev–Trinajstić information content (AvgIpc) is 3.86. The van der Waals surface area contributed by atoms with E-state index < -0.39 is 26.6 Å². The molecule has 10 heteroatoms. The molecule has 0 aromatic heterocycles. The number of carbonyl (C=O) groups excluding carboxylic acids is 1. The fourth-order valence-corrected chi connectivity index (χ4v) is 6.61. The van der Waals surface area contributed by atoms with Crippen molar-refractivity contribution in [3.05, 3.63) is 48.6 Å². The second kappa shape index (κ2) is 31.6. The monoisotopic (exact) mass is 767 g/mol. The summed E-state index contributed by atoms with van der Waals surface area (Å²) >= 11 is 0. The Morgan fingerprint density at radius 2 is 1.26 bits per heavy atom. The number of rotatable bonds is 36. The number of likely N-dealkylation sites (N-methyl/N-ethyl adjacent to an activating group) is 1. The maximum atomic E-state index is 12.8. The number of hydrogen-bond donors (Lipinski definition) is 2. The molecule has 1 saturated heterocycles. The molecule has 2 N–H and O–H groups in total. The minimum Gasteiger partial charge on any atom is -0.756 e. The Morgan fingerprint density at radius 1 is 0.755 bits per heavy atom. The molecule has 1 heterocycles. The van der Waals surface area contributed by atoms with Gasteiger partial charge in [-0.05, 0) is 57.8 Å². The van der Waals surface area contributed by atoms with Crippen molar-refractivity contribution in [1.82, 2.24) is 5.32 Å². The Morgan fingerprint density at radius 3 is 1.91 bits per heavy atom. The zero-order chi connectivity index (χ0) is 39.0. The standard InChI is InChI=1S/C43H79N2O7P/c1-6-8-10-12-14-15-16-17-18-19-21-24-28-32-40(46)39(38-51-53(48,49)50-37-36-45(3,4)5)44-43(47)35-31-27-23-20-22-26-30-34-42-41(52-42)33-29-25-13-11-9-7-2/h20,23,25-26,28-30,32,39-42,46H,6-19,21-22,24,27,31,33-38H2,1-5H3,(H-,44,47,48,49)/b23-20-,29-25-,30-26-,32-28+/t39-,40+,41?,42?/m0/s1. The largest absolute Gasteiger partial charge is 0.756 e. The van der Waals surface area contributed by atoms with E-state index in [-0.39, 0.29) is 18.9 Å². The summed E-state index contributed by atoms with van der Waals surface area (Å²) in [6, 6.07) is -0.919. The lowest BCUT2D eigenvalue weighted by molar-refractivity contribution is -0.870. The van der Waals surface area contributed by atoms with E-state index in [1.807, 2.05) is 27.2 Å². The first kappa shape index (κ1) is 49.4. The van der Waals surface area contributed by atoms with Crippen molar-refractivity contribution in [2.24, 2.45) is 0 Å². The van der Waals surface area contributed by atoms with E-state index in [0.717, 1.165) is 51.4 Å². The number of aliphatic hydroxyl groups is 1. The van der Waals surface area contributed by atoms with Gasteiger partial charge >= 0.3 is 0 Å². The lowest BCUT2D eigenvalue weighted by Gasteiger charge is -2.29. The van der Waals surface area contributed by atoms with E-state index >= 15 is 0 Å².